The second-order valence-electron chi connectivity index (χ2n) is 7.15. The molecule has 1 nitrogen and oxygen atoms in total. The Morgan fingerprint density at radius 1 is 0.667 bits per heavy atom. The summed E-state index contributed by atoms with van der Waals surface area (Å²) in [5.41, 5.74) is 1.33. The Balaban J connectivity index is 3.61. The van der Waals surface area contributed by atoms with E-state index in [0.717, 1.165) is 6.42 Å². The van der Waals surface area contributed by atoms with Gasteiger partial charge in [-0.05, 0) is 25.7 Å². The maximum atomic E-state index is 9.16. The summed E-state index contributed by atoms with van der Waals surface area (Å²) in [7, 11) is 0. The van der Waals surface area contributed by atoms with E-state index in [1.54, 1.807) is 0 Å². The lowest BCUT2D eigenvalue weighted by atomic mass is 10.0. The number of rotatable bonds is 18. The fourth-order valence-corrected chi connectivity index (χ4v) is 3.11. The van der Waals surface area contributed by atoms with Crippen molar-refractivity contribution in [3.63, 3.8) is 0 Å². The first-order valence-corrected chi connectivity index (χ1v) is 10.8. The van der Waals surface area contributed by atoms with Gasteiger partial charge in [-0.1, -0.05) is 115 Å². The lowest BCUT2D eigenvalue weighted by molar-refractivity contribution is 0.341. The van der Waals surface area contributed by atoms with Crippen molar-refractivity contribution in [1.29, 1.82) is 0 Å². The van der Waals surface area contributed by atoms with Crippen LogP contribution >= 0.6 is 0 Å². The van der Waals surface area contributed by atoms with Crippen LogP contribution < -0.4 is 0 Å². The SMILES string of the molecule is CCCCCCCCCC/C=C/C(=C/CO)CCCCCCCC. The van der Waals surface area contributed by atoms with Crippen LogP contribution in [0.5, 0.6) is 0 Å². The quantitative estimate of drug-likeness (QED) is 0.200. The predicted molar refractivity (Wildman–Crippen MR) is 110 cm³/mol. The number of allylic oxidation sites excluding steroid dienone is 3. The summed E-state index contributed by atoms with van der Waals surface area (Å²) in [5, 5.41) is 9.16. The summed E-state index contributed by atoms with van der Waals surface area (Å²) in [6, 6.07) is 0. The van der Waals surface area contributed by atoms with Gasteiger partial charge in [0.05, 0.1) is 6.61 Å². The van der Waals surface area contributed by atoms with Crippen LogP contribution in [0, 0.1) is 0 Å². The molecule has 0 radical (unpaired) electrons. The van der Waals surface area contributed by atoms with Gasteiger partial charge in [-0.2, -0.15) is 0 Å². The molecule has 0 atom stereocenters. The van der Waals surface area contributed by atoms with Gasteiger partial charge in [0.1, 0.15) is 0 Å². The Kier molecular flexibility index (Phi) is 20.0. The van der Waals surface area contributed by atoms with Gasteiger partial charge in [-0.15, -0.1) is 0 Å². The third kappa shape index (κ3) is 17.8. The summed E-state index contributed by atoms with van der Waals surface area (Å²) < 4.78 is 0. The molecule has 1 heteroatoms. The molecule has 0 amide bonds. The molecule has 0 saturated heterocycles. The lowest BCUT2D eigenvalue weighted by Gasteiger charge is -2.03. The first-order chi connectivity index (χ1) is 11.8. The second-order valence-corrected chi connectivity index (χ2v) is 7.15. The number of aliphatic hydroxyl groups is 1. The fraction of sp³-hybridized carbons (Fsp3) is 0.826. The van der Waals surface area contributed by atoms with Crippen LogP contribution in [-0.4, -0.2) is 11.7 Å². The number of aliphatic hydroxyl groups excluding tert-OH is 1. The van der Waals surface area contributed by atoms with Crippen LogP contribution in [0.2, 0.25) is 0 Å². The Morgan fingerprint density at radius 2 is 1.17 bits per heavy atom. The average molecular weight is 337 g/mol. The zero-order chi connectivity index (χ0) is 17.7. The smallest absolute Gasteiger partial charge is 0.0618 e. The molecule has 0 aliphatic rings. The molecule has 0 aromatic rings. The van der Waals surface area contributed by atoms with Crippen molar-refractivity contribution >= 4 is 0 Å². The van der Waals surface area contributed by atoms with Gasteiger partial charge in [0.25, 0.3) is 0 Å². The highest BCUT2D eigenvalue weighted by atomic mass is 16.2. The molecular formula is C23H44O. The minimum absolute atomic E-state index is 0.174. The highest BCUT2D eigenvalue weighted by molar-refractivity contribution is 5.18. The van der Waals surface area contributed by atoms with Crippen LogP contribution in [0.15, 0.2) is 23.8 Å². The molecule has 0 spiro atoms. The molecule has 0 fully saturated rings. The number of unbranched alkanes of at least 4 members (excludes halogenated alkanes) is 13. The first-order valence-electron chi connectivity index (χ1n) is 10.8. The second kappa shape index (κ2) is 20.5. The van der Waals surface area contributed by atoms with Crippen LogP contribution in [0.3, 0.4) is 0 Å². The topological polar surface area (TPSA) is 20.2 Å². The van der Waals surface area contributed by atoms with Crippen LogP contribution in [0.1, 0.15) is 117 Å². The molecule has 0 bridgehead atoms. The van der Waals surface area contributed by atoms with Gasteiger partial charge in [0.2, 0.25) is 0 Å². The van der Waals surface area contributed by atoms with E-state index in [-0.39, 0.29) is 6.61 Å². The Bertz CT molecular complexity index is 290. The molecule has 0 rings (SSSR count). The summed E-state index contributed by atoms with van der Waals surface area (Å²) >= 11 is 0. The molecule has 0 aromatic heterocycles. The van der Waals surface area contributed by atoms with Gasteiger partial charge in [0, 0.05) is 0 Å². The Labute approximate surface area is 152 Å². The highest BCUT2D eigenvalue weighted by Gasteiger charge is 1.95. The summed E-state index contributed by atoms with van der Waals surface area (Å²) in [4.78, 5) is 0. The van der Waals surface area contributed by atoms with Crippen LogP contribution in [0.4, 0.5) is 0 Å². The Hall–Kier alpha value is -0.560. The molecule has 1 N–H and O–H groups in total. The summed E-state index contributed by atoms with van der Waals surface area (Å²) in [5.74, 6) is 0. The van der Waals surface area contributed by atoms with Gasteiger partial charge in [0.15, 0.2) is 0 Å². The number of hydrogen-bond acceptors (Lipinski definition) is 1. The maximum absolute atomic E-state index is 9.16. The van der Waals surface area contributed by atoms with Gasteiger partial charge in [-0.25, -0.2) is 0 Å². The van der Waals surface area contributed by atoms with E-state index in [1.165, 1.54) is 102 Å². The van der Waals surface area contributed by atoms with Crippen LogP contribution in [-0.2, 0) is 0 Å². The minimum atomic E-state index is 0.174. The monoisotopic (exact) mass is 336 g/mol. The van der Waals surface area contributed by atoms with E-state index in [4.69, 9.17) is 5.11 Å². The molecule has 0 saturated carbocycles. The Morgan fingerprint density at radius 3 is 1.71 bits per heavy atom. The van der Waals surface area contributed by atoms with E-state index in [2.05, 4.69) is 26.0 Å². The molecule has 142 valence electrons. The van der Waals surface area contributed by atoms with Crippen molar-refractivity contribution in [2.24, 2.45) is 0 Å². The van der Waals surface area contributed by atoms with Crippen molar-refractivity contribution in [3.8, 4) is 0 Å². The van der Waals surface area contributed by atoms with Gasteiger partial charge in [-0.3, -0.25) is 0 Å². The third-order valence-electron chi connectivity index (χ3n) is 4.73. The van der Waals surface area contributed by atoms with Crippen molar-refractivity contribution in [2.45, 2.75) is 117 Å². The molecule has 0 aliphatic heterocycles. The zero-order valence-corrected chi connectivity index (χ0v) is 16.7. The zero-order valence-electron chi connectivity index (χ0n) is 16.7. The molecule has 0 aliphatic carbocycles. The van der Waals surface area contributed by atoms with Crippen molar-refractivity contribution in [2.75, 3.05) is 6.61 Å². The van der Waals surface area contributed by atoms with Gasteiger partial charge < -0.3 is 5.11 Å². The summed E-state index contributed by atoms with van der Waals surface area (Å²) in [6.07, 6.45) is 28.0. The fourth-order valence-electron chi connectivity index (χ4n) is 3.11. The van der Waals surface area contributed by atoms with Crippen LogP contribution in [0.25, 0.3) is 0 Å². The molecule has 0 unspecified atom stereocenters. The molecule has 0 heterocycles. The molecule has 24 heavy (non-hydrogen) atoms. The minimum Gasteiger partial charge on any atom is -0.392 e. The van der Waals surface area contributed by atoms with Crippen molar-refractivity contribution in [3.05, 3.63) is 23.8 Å². The third-order valence-corrected chi connectivity index (χ3v) is 4.73. The van der Waals surface area contributed by atoms with E-state index < -0.39 is 0 Å². The largest absolute Gasteiger partial charge is 0.392 e. The molecular weight excluding hydrogens is 292 g/mol. The lowest BCUT2D eigenvalue weighted by Crippen LogP contribution is -1.86. The van der Waals surface area contributed by atoms with Gasteiger partial charge >= 0.3 is 0 Å². The average Bonchev–Trinajstić information content (AvgIpc) is 2.59. The molecule has 0 aromatic carbocycles. The van der Waals surface area contributed by atoms with E-state index in [1.807, 2.05) is 6.08 Å². The highest BCUT2D eigenvalue weighted by Crippen LogP contribution is 2.14. The first kappa shape index (κ1) is 23.4. The number of hydrogen-bond donors (Lipinski definition) is 1. The van der Waals surface area contributed by atoms with Crippen molar-refractivity contribution < 1.29 is 5.11 Å². The maximum Gasteiger partial charge on any atom is 0.0618 e. The van der Waals surface area contributed by atoms with E-state index in [9.17, 15) is 0 Å². The van der Waals surface area contributed by atoms with E-state index >= 15 is 0 Å². The normalized spacial score (nSPS) is 12.4. The standard InChI is InChI=1S/C23H44O/c1-3-5-7-9-11-12-13-14-16-18-20-23(21-22-24)19-17-15-10-8-6-4-2/h18,20-21,24H,3-17,19,22H2,1-2H3/b20-18+,23-21+. The van der Waals surface area contributed by atoms with Crippen molar-refractivity contribution in [1.82, 2.24) is 0 Å². The predicted octanol–water partition coefficient (Wildman–Crippen LogP) is 7.74. The van der Waals surface area contributed by atoms with E-state index in [0.29, 0.717) is 0 Å². The summed E-state index contributed by atoms with van der Waals surface area (Å²) in [6.45, 7) is 4.71.